The Bertz CT molecular complexity index is 313. The van der Waals surface area contributed by atoms with Crippen molar-refractivity contribution in [3.8, 4) is 0 Å². The van der Waals surface area contributed by atoms with E-state index >= 15 is 0 Å². The number of rotatable bonds is 2. The van der Waals surface area contributed by atoms with E-state index in [1.54, 1.807) is 6.20 Å². The first-order valence-corrected chi connectivity index (χ1v) is 5.60. The Balaban J connectivity index is 2.05. The van der Waals surface area contributed by atoms with E-state index in [0.29, 0.717) is 6.54 Å². The van der Waals surface area contributed by atoms with Gasteiger partial charge in [-0.1, -0.05) is 0 Å². The Morgan fingerprint density at radius 3 is 3.13 bits per heavy atom. The first-order valence-electron chi connectivity index (χ1n) is 5.60. The molecule has 2 heterocycles. The van der Waals surface area contributed by atoms with Gasteiger partial charge in [0.15, 0.2) is 0 Å². The van der Waals surface area contributed by atoms with Gasteiger partial charge in [-0.25, -0.2) is 4.98 Å². The minimum absolute atomic E-state index is 0.561. The highest BCUT2D eigenvalue weighted by Crippen LogP contribution is 2.22. The van der Waals surface area contributed by atoms with Gasteiger partial charge < -0.3 is 15.0 Å². The Morgan fingerprint density at radius 2 is 2.40 bits per heavy atom. The van der Waals surface area contributed by atoms with E-state index in [1.165, 1.54) is 0 Å². The van der Waals surface area contributed by atoms with Crippen molar-refractivity contribution in [2.24, 2.45) is 0 Å². The molecule has 1 atom stereocenters. The molecular formula is C11H19N3O. The lowest BCUT2D eigenvalue weighted by atomic mass is 9.95. The number of nitrogens with zero attached hydrogens (tertiary/aromatic N) is 2. The molecule has 0 radical (unpaired) electrons. The van der Waals surface area contributed by atoms with Crippen LogP contribution in [0.5, 0.6) is 0 Å². The van der Waals surface area contributed by atoms with E-state index in [-0.39, 0.29) is 0 Å². The molecule has 4 nitrogen and oxygen atoms in total. The van der Waals surface area contributed by atoms with Gasteiger partial charge in [-0.05, 0) is 39.3 Å². The summed E-state index contributed by atoms with van der Waals surface area (Å²) in [5.41, 5.74) is -0.561. The largest absolute Gasteiger partial charge is 0.388 e. The predicted octanol–water partition coefficient (Wildman–Crippen LogP) is 0.696. The number of hydrogen-bond donors (Lipinski definition) is 2. The summed E-state index contributed by atoms with van der Waals surface area (Å²) in [5, 5.41) is 13.8. The molecule has 1 aliphatic heterocycles. The molecule has 0 aliphatic carbocycles. The fourth-order valence-corrected chi connectivity index (χ4v) is 2.16. The molecule has 84 valence electrons. The summed E-state index contributed by atoms with van der Waals surface area (Å²) in [6, 6.07) is 0. The summed E-state index contributed by atoms with van der Waals surface area (Å²) in [5.74, 6) is 0.973. The predicted molar refractivity (Wildman–Crippen MR) is 58.6 cm³/mol. The zero-order valence-corrected chi connectivity index (χ0v) is 9.24. The van der Waals surface area contributed by atoms with Crippen LogP contribution in [0.2, 0.25) is 0 Å². The quantitative estimate of drug-likeness (QED) is 0.753. The molecule has 1 aliphatic rings. The molecule has 4 heteroatoms. The summed E-state index contributed by atoms with van der Waals surface area (Å²) < 4.78 is 2.03. The normalized spacial score (nSPS) is 27.6. The zero-order chi connectivity index (χ0) is 10.7. The van der Waals surface area contributed by atoms with Crippen LogP contribution in [0.25, 0.3) is 0 Å². The monoisotopic (exact) mass is 209 g/mol. The third-order valence-electron chi connectivity index (χ3n) is 3.15. The van der Waals surface area contributed by atoms with Crippen LogP contribution in [-0.4, -0.2) is 33.3 Å². The molecule has 1 aromatic rings. The molecule has 2 rings (SSSR count). The Kier molecular flexibility index (Phi) is 3.07. The van der Waals surface area contributed by atoms with E-state index in [9.17, 15) is 5.11 Å². The summed E-state index contributed by atoms with van der Waals surface area (Å²) in [7, 11) is 0. The Morgan fingerprint density at radius 1 is 1.53 bits per heavy atom. The fraction of sp³-hybridized carbons (Fsp3) is 0.727. The van der Waals surface area contributed by atoms with Crippen LogP contribution < -0.4 is 5.32 Å². The van der Waals surface area contributed by atoms with Gasteiger partial charge in [-0.2, -0.15) is 0 Å². The lowest BCUT2D eigenvalue weighted by molar-refractivity contribution is 0.0106. The first kappa shape index (κ1) is 10.6. The van der Waals surface area contributed by atoms with Crippen LogP contribution in [0, 0.1) is 6.92 Å². The maximum Gasteiger partial charge on any atom is 0.105 e. The van der Waals surface area contributed by atoms with E-state index in [0.717, 1.165) is 38.2 Å². The lowest BCUT2D eigenvalue weighted by Gasteiger charge is -2.27. The van der Waals surface area contributed by atoms with Crippen molar-refractivity contribution >= 4 is 0 Å². The summed E-state index contributed by atoms with van der Waals surface area (Å²) in [6.45, 7) is 4.56. The standard InChI is InChI=1S/C11H19N3O/c1-10-13-7-8-14(10)9-11(15)3-2-5-12-6-4-11/h7-8,12,15H,2-6,9H2,1H3. The second-order valence-electron chi connectivity index (χ2n) is 4.43. The van der Waals surface area contributed by atoms with E-state index in [2.05, 4.69) is 10.3 Å². The minimum Gasteiger partial charge on any atom is -0.388 e. The minimum atomic E-state index is -0.561. The fourth-order valence-electron chi connectivity index (χ4n) is 2.16. The topological polar surface area (TPSA) is 50.1 Å². The lowest BCUT2D eigenvalue weighted by Crippen LogP contribution is -2.35. The number of aryl methyl sites for hydroxylation is 1. The van der Waals surface area contributed by atoms with Gasteiger partial charge >= 0.3 is 0 Å². The summed E-state index contributed by atoms with van der Waals surface area (Å²) in [4.78, 5) is 4.17. The molecule has 1 aromatic heterocycles. The van der Waals surface area contributed by atoms with Gasteiger partial charge in [0.1, 0.15) is 5.82 Å². The van der Waals surface area contributed by atoms with Gasteiger partial charge in [0.25, 0.3) is 0 Å². The molecule has 1 saturated heterocycles. The van der Waals surface area contributed by atoms with Crippen LogP contribution in [0.3, 0.4) is 0 Å². The second kappa shape index (κ2) is 4.33. The summed E-state index contributed by atoms with van der Waals surface area (Å²) >= 11 is 0. The molecule has 0 aromatic carbocycles. The molecule has 0 amide bonds. The van der Waals surface area contributed by atoms with Gasteiger partial charge in [0.2, 0.25) is 0 Å². The first-order chi connectivity index (χ1) is 7.20. The van der Waals surface area contributed by atoms with Gasteiger partial charge in [-0.3, -0.25) is 0 Å². The number of hydrogen-bond acceptors (Lipinski definition) is 3. The molecule has 2 N–H and O–H groups in total. The number of aliphatic hydroxyl groups is 1. The Hall–Kier alpha value is -0.870. The molecule has 1 fully saturated rings. The van der Waals surface area contributed by atoms with Gasteiger partial charge in [-0.15, -0.1) is 0 Å². The number of aromatic nitrogens is 2. The van der Waals surface area contributed by atoms with E-state index < -0.39 is 5.60 Å². The zero-order valence-electron chi connectivity index (χ0n) is 9.24. The smallest absolute Gasteiger partial charge is 0.105 e. The Labute approximate surface area is 90.3 Å². The third-order valence-corrected chi connectivity index (χ3v) is 3.15. The highest BCUT2D eigenvalue weighted by molar-refractivity contribution is 4.93. The van der Waals surface area contributed by atoms with Crippen molar-refractivity contribution in [1.82, 2.24) is 14.9 Å². The third kappa shape index (κ3) is 2.58. The molecular weight excluding hydrogens is 190 g/mol. The second-order valence-corrected chi connectivity index (χ2v) is 4.43. The summed E-state index contributed by atoms with van der Waals surface area (Å²) in [6.07, 6.45) is 6.46. The van der Waals surface area contributed by atoms with E-state index in [1.807, 2.05) is 17.7 Å². The van der Waals surface area contributed by atoms with Crippen LogP contribution in [0.1, 0.15) is 25.1 Å². The highest BCUT2D eigenvalue weighted by Gasteiger charge is 2.28. The van der Waals surface area contributed by atoms with Crippen molar-refractivity contribution in [3.63, 3.8) is 0 Å². The highest BCUT2D eigenvalue weighted by atomic mass is 16.3. The molecule has 1 unspecified atom stereocenters. The molecule has 0 bridgehead atoms. The van der Waals surface area contributed by atoms with Crippen LogP contribution >= 0.6 is 0 Å². The SMILES string of the molecule is Cc1nccn1CC1(O)CCCNCC1. The van der Waals surface area contributed by atoms with Gasteiger partial charge in [0.05, 0.1) is 12.1 Å². The molecule has 0 saturated carbocycles. The average molecular weight is 209 g/mol. The van der Waals surface area contributed by atoms with Crippen LogP contribution in [-0.2, 0) is 6.54 Å². The molecule has 15 heavy (non-hydrogen) atoms. The van der Waals surface area contributed by atoms with E-state index in [4.69, 9.17) is 0 Å². The maximum absolute atomic E-state index is 10.5. The van der Waals surface area contributed by atoms with Crippen LogP contribution in [0.15, 0.2) is 12.4 Å². The number of nitrogens with one attached hydrogen (secondary N) is 1. The van der Waals surface area contributed by atoms with Crippen molar-refractivity contribution in [3.05, 3.63) is 18.2 Å². The van der Waals surface area contributed by atoms with Gasteiger partial charge in [0, 0.05) is 12.4 Å². The van der Waals surface area contributed by atoms with Crippen molar-refractivity contribution < 1.29 is 5.11 Å². The average Bonchev–Trinajstić information content (AvgIpc) is 2.48. The van der Waals surface area contributed by atoms with Crippen molar-refractivity contribution in [2.45, 2.75) is 38.3 Å². The molecule has 0 spiro atoms. The van der Waals surface area contributed by atoms with Crippen molar-refractivity contribution in [2.75, 3.05) is 13.1 Å². The van der Waals surface area contributed by atoms with Crippen LogP contribution in [0.4, 0.5) is 0 Å². The maximum atomic E-state index is 10.5. The van der Waals surface area contributed by atoms with Crippen molar-refractivity contribution in [1.29, 1.82) is 0 Å². The number of imidazole rings is 1.